The molecule has 0 spiro atoms. The lowest BCUT2D eigenvalue weighted by atomic mass is 10.0. The number of thioether (sulfide) groups is 1. The Hall–Kier alpha value is -2.39. The highest BCUT2D eigenvalue weighted by Gasteiger charge is 2.51. The molecule has 4 rings (SSSR count). The smallest absolute Gasteiger partial charge is 0.352 e. The molecule has 0 saturated carbocycles. The average molecular weight is 511 g/mol. The molecule has 1 amide bonds. The number of aryl methyl sites for hydroxylation is 1. The summed E-state index contributed by atoms with van der Waals surface area (Å²) in [4.78, 5) is 25.1. The summed E-state index contributed by atoms with van der Waals surface area (Å²) in [5.74, 6) is -0.0899. The second kappa shape index (κ2) is 10.7. The zero-order valence-corrected chi connectivity index (χ0v) is 20.6. The number of benzene rings is 2. The summed E-state index contributed by atoms with van der Waals surface area (Å²) >= 11 is 13.8. The molecule has 2 aliphatic rings. The number of carbonyl (C=O) groups excluding carboxylic acids is 1. The normalized spacial score (nSPS) is 19.2. The first-order valence-electron chi connectivity index (χ1n) is 10.3. The molecule has 2 aromatic carbocycles. The van der Waals surface area contributed by atoms with Crippen LogP contribution in [0.1, 0.15) is 19.4 Å². The van der Waals surface area contributed by atoms with Crippen molar-refractivity contribution < 1.29 is 24.2 Å². The Labute approximate surface area is 206 Å². The fraction of sp³-hybridized carbons (Fsp3) is 0.304. The van der Waals surface area contributed by atoms with Crippen LogP contribution in [-0.4, -0.2) is 45.7 Å². The summed E-state index contributed by atoms with van der Waals surface area (Å²) in [6.07, 6.45) is 0. The van der Waals surface area contributed by atoms with E-state index in [1.54, 1.807) is 30.3 Å². The molecule has 0 aromatic heterocycles. The van der Waals surface area contributed by atoms with Crippen molar-refractivity contribution in [1.29, 1.82) is 0 Å². The number of hydrogen-bond donors (Lipinski definition) is 2. The van der Waals surface area contributed by atoms with Crippen LogP contribution in [0.2, 0.25) is 10.0 Å². The third-order valence-corrected chi connectivity index (χ3v) is 6.80. The molecular weight excluding hydrogens is 487 g/mol. The fourth-order valence-electron chi connectivity index (χ4n) is 3.34. The van der Waals surface area contributed by atoms with Crippen molar-refractivity contribution in [1.82, 2.24) is 4.90 Å². The van der Waals surface area contributed by atoms with Gasteiger partial charge in [-0.05, 0) is 36.8 Å². The van der Waals surface area contributed by atoms with Gasteiger partial charge in [0.25, 0.3) is 0 Å². The molecule has 10 heteroatoms. The summed E-state index contributed by atoms with van der Waals surface area (Å²) in [7, 11) is 0. The minimum atomic E-state index is -1.20. The predicted molar refractivity (Wildman–Crippen MR) is 130 cm³/mol. The third-order valence-electron chi connectivity index (χ3n) is 4.91. The number of hydrogen-bond acceptors (Lipinski definition) is 6. The molecule has 2 heterocycles. The van der Waals surface area contributed by atoms with Gasteiger partial charge in [-0.2, -0.15) is 0 Å². The number of nitrogens with two attached hydrogens (primary N) is 1. The zero-order valence-electron chi connectivity index (χ0n) is 18.3. The number of carboxylic acids is 1. The number of β-lactam (4-membered cyclic amide) rings is 1. The van der Waals surface area contributed by atoms with Gasteiger partial charge in [-0.15, -0.1) is 11.8 Å². The molecule has 7 nitrogen and oxygen atoms in total. The summed E-state index contributed by atoms with van der Waals surface area (Å²) in [5, 5.41) is 10.2. The van der Waals surface area contributed by atoms with Crippen molar-refractivity contribution in [2.24, 2.45) is 5.73 Å². The molecule has 0 radical (unpaired) electrons. The van der Waals surface area contributed by atoms with Gasteiger partial charge < -0.3 is 20.3 Å². The van der Waals surface area contributed by atoms with E-state index in [0.29, 0.717) is 38.6 Å². The van der Waals surface area contributed by atoms with Gasteiger partial charge in [0.1, 0.15) is 29.5 Å². The Kier molecular flexibility index (Phi) is 8.18. The maximum Gasteiger partial charge on any atom is 0.352 e. The van der Waals surface area contributed by atoms with Gasteiger partial charge in [0, 0.05) is 22.4 Å². The van der Waals surface area contributed by atoms with Crippen LogP contribution in [0.4, 0.5) is 0 Å². The molecule has 0 aliphatic carbocycles. The van der Waals surface area contributed by atoms with E-state index in [1.807, 2.05) is 26.8 Å². The summed E-state index contributed by atoms with van der Waals surface area (Å²) in [5.41, 5.74) is 7.16. The van der Waals surface area contributed by atoms with E-state index < -0.39 is 17.9 Å². The van der Waals surface area contributed by atoms with Gasteiger partial charge in [0.15, 0.2) is 11.5 Å². The molecule has 33 heavy (non-hydrogen) atoms. The Morgan fingerprint density at radius 2 is 1.88 bits per heavy atom. The predicted octanol–water partition coefficient (Wildman–Crippen LogP) is 5.08. The number of aliphatic carboxylic acids is 1. The van der Waals surface area contributed by atoms with Crippen LogP contribution >= 0.6 is 35.0 Å². The van der Waals surface area contributed by atoms with E-state index in [-0.39, 0.29) is 17.7 Å². The maximum absolute atomic E-state index is 12.1. The van der Waals surface area contributed by atoms with Crippen molar-refractivity contribution in [2.75, 3.05) is 12.4 Å². The number of fused-ring (bicyclic) bond motifs is 1. The first-order valence-corrected chi connectivity index (χ1v) is 12.1. The lowest BCUT2D eigenvalue weighted by Gasteiger charge is -2.47. The lowest BCUT2D eigenvalue weighted by molar-refractivity contribution is -0.148. The summed E-state index contributed by atoms with van der Waals surface area (Å²) in [6.45, 7) is 5.86. The highest BCUT2D eigenvalue weighted by molar-refractivity contribution is 8.00. The van der Waals surface area contributed by atoms with Crippen LogP contribution in [0, 0.1) is 6.92 Å². The Morgan fingerprint density at radius 3 is 2.55 bits per heavy atom. The van der Waals surface area contributed by atoms with Crippen molar-refractivity contribution in [3.63, 3.8) is 0 Å². The van der Waals surface area contributed by atoms with Gasteiger partial charge in [0.2, 0.25) is 5.91 Å². The minimum Gasteiger partial charge on any atom is -0.485 e. The Balaban J connectivity index is 0.00000149. The van der Waals surface area contributed by atoms with Crippen LogP contribution in [0.15, 0.2) is 47.7 Å². The number of amides is 1. The molecule has 3 N–H and O–H groups in total. The quantitative estimate of drug-likeness (QED) is 0.522. The van der Waals surface area contributed by atoms with E-state index in [2.05, 4.69) is 0 Å². The van der Waals surface area contributed by atoms with Crippen LogP contribution in [0.25, 0.3) is 0 Å². The van der Waals surface area contributed by atoms with E-state index in [0.717, 1.165) is 5.56 Å². The molecular formula is C23H24Cl2N2O5S. The van der Waals surface area contributed by atoms with Crippen LogP contribution in [0.5, 0.6) is 17.2 Å². The zero-order chi connectivity index (χ0) is 24.3. The SMILES string of the molecule is CC.Cc1ccc(Oc2ccc(Cl)cc2OCC2=C(C(=O)O)N3C(=O)C(N)C3SC2)c(Cl)c1. The lowest BCUT2D eigenvalue weighted by Crippen LogP contribution is -2.68. The molecule has 0 bridgehead atoms. The summed E-state index contributed by atoms with van der Waals surface area (Å²) in [6, 6.07) is 9.57. The van der Waals surface area contributed by atoms with Crippen LogP contribution in [-0.2, 0) is 9.59 Å². The van der Waals surface area contributed by atoms with Crippen molar-refractivity contribution in [3.05, 3.63) is 63.3 Å². The monoisotopic (exact) mass is 510 g/mol. The third kappa shape index (κ3) is 5.24. The van der Waals surface area contributed by atoms with Gasteiger partial charge in [-0.1, -0.05) is 43.1 Å². The number of carboxylic acid groups (broad SMARTS) is 1. The highest BCUT2D eigenvalue weighted by Crippen LogP contribution is 2.41. The largest absolute Gasteiger partial charge is 0.485 e. The van der Waals surface area contributed by atoms with E-state index >= 15 is 0 Å². The van der Waals surface area contributed by atoms with Gasteiger partial charge in [-0.3, -0.25) is 9.69 Å². The van der Waals surface area contributed by atoms with E-state index in [4.69, 9.17) is 38.4 Å². The van der Waals surface area contributed by atoms with Crippen molar-refractivity contribution in [2.45, 2.75) is 32.2 Å². The first-order chi connectivity index (χ1) is 15.8. The Bertz CT molecular complexity index is 1110. The number of halogens is 2. The molecule has 2 aromatic rings. The van der Waals surface area contributed by atoms with Crippen LogP contribution < -0.4 is 15.2 Å². The van der Waals surface area contributed by atoms with Crippen molar-refractivity contribution >= 4 is 46.8 Å². The standard InChI is InChI=1S/C21H18Cl2N2O5S.C2H6/c1-10-2-4-14(13(23)6-10)30-15-5-3-12(22)7-16(15)29-8-11-9-31-20-17(24)19(26)25(20)18(11)21(27)28;1-2/h2-7,17,20H,8-9,24H2,1H3,(H,27,28);1-2H3. The van der Waals surface area contributed by atoms with Gasteiger partial charge in [0.05, 0.1) is 5.02 Å². The summed E-state index contributed by atoms with van der Waals surface area (Å²) < 4.78 is 11.8. The number of rotatable bonds is 6. The second-order valence-electron chi connectivity index (χ2n) is 7.11. The maximum atomic E-state index is 12.1. The molecule has 2 atom stereocenters. The van der Waals surface area contributed by atoms with Gasteiger partial charge in [-0.25, -0.2) is 4.79 Å². The molecule has 1 fully saturated rings. The van der Waals surface area contributed by atoms with Crippen molar-refractivity contribution in [3.8, 4) is 17.2 Å². The minimum absolute atomic E-state index is 0.0568. The van der Waals surface area contributed by atoms with E-state index in [1.165, 1.54) is 16.7 Å². The Morgan fingerprint density at radius 1 is 1.18 bits per heavy atom. The van der Waals surface area contributed by atoms with Crippen LogP contribution in [0.3, 0.4) is 0 Å². The molecule has 2 aliphatic heterocycles. The second-order valence-corrected chi connectivity index (χ2v) is 9.06. The fourth-order valence-corrected chi connectivity index (χ4v) is 5.05. The first kappa shape index (κ1) is 25.2. The molecule has 176 valence electrons. The average Bonchev–Trinajstić information content (AvgIpc) is 2.80. The van der Waals surface area contributed by atoms with Gasteiger partial charge >= 0.3 is 5.97 Å². The number of nitrogens with zero attached hydrogens (tertiary/aromatic N) is 1. The highest BCUT2D eigenvalue weighted by atomic mass is 35.5. The molecule has 1 saturated heterocycles. The van der Waals surface area contributed by atoms with E-state index in [9.17, 15) is 14.7 Å². The number of carbonyl (C=O) groups is 2. The topological polar surface area (TPSA) is 102 Å². The molecule has 2 unspecified atom stereocenters. The number of ether oxygens (including phenoxy) is 2.